The summed E-state index contributed by atoms with van der Waals surface area (Å²) in [5.41, 5.74) is -0.0815. The highest BCUT2D eigenvalue weighted by molar-refractivity contribution is 5.97. The molecule has 0 saturated heterocycles. The van der Waals surface area contributed by atoms with Gasteiger partial charge < -0.3 is 4.90 Å². The highest BCUT2D eigenvalue weighted by atomic mass is 16.6. The standard InChI is InChI=1S/C10H9N3O5/c1-6(14)11-3-2-7-4-8(12(15)16)5-9(10(7)11)13(17)18/h4-5H,2-3H2,1H3. The predicted molar refractivity (Wildman–Crippen MR) is 61.5 cm³/mol. The number of anilines is 1. The monoisotopic (exact) mass is 251 g/mol. The molecule has 1 aromatic carbocycles. The van der Waals surface area contributed by atoms with E-state index >= 15 is 0 Å². The van der Waals surface area contributed by atoms with E-state index in [-0.39, 0.29) is 17.3 Å². The second-order valence-corrected chi connectivity index (χ2v) is 3.91. The smallest absolute Gasteiger partial charge is 0.300 e. The molecule has 0 aromatic heterocycles. The number of nitrogens with zero attached hydrogens (tertiary/aromatic N) is 3. The molecule has 1 amide bonds. The third-order valence-corrected chi connectivity index (χ3v) is 2.82. The lowest BCUT2D eigenvalue weighted by atomic mass is 10.1. The fraction of sp³-hybridized carbons (Fsp3) is 0.300. The second-order valence-electron chi connectivity index (χ2n) is 3.91. The minimum absolute atomic E-state index is 0.179. The van der Waals surface area contributed by atoms with Crippen LogP contribution >= 0.6 is 0 Å². The fourth-order valence-corrected chi connectivity index (χ4v) is 2.07. The fourth-order valence-electron chi connectivity index (χ4n) is 2.07. The molecule has 0 spiro atoms. The van der Waals surface area contributed by atoms with E-state index in [2.05, 4.69) is 0 Å². The summed E-state index contributed by atoms with van der Waals surface area (Å²) < 4.78 is 0. The van der Waals surface area contributed by atoms with Crippen LogP contribution in [-0.2, 0) is 11.2 Å². The third-order valence-electron chi connectivity index (χ3n) is 2.82. The third kappa shape index (κ3) is 1.77. The van der Waals surface area contributed by atoms with Crippen LogP contribution in [-0.4, -0.2) is 22.3 Å². The first-order valence-electron chi connectivity index (χ1n) is 5.15. The molecule has 0 N–H and O–H groups in total. The maximum Gasteiger partial charge on any atom is 0.300 e. The summed E-state index contributed by atoms with van der Waals surface area (Å²) in [6, 6.07) is 2.17. The highest BCUT2D eigenvalue weighted by Crippen LogP contribution is 2.40. The molecule has 94 valence electrons. The zero-order valence-electron chi connectivity index (χ0n) is 9.45. The molecule has 0 unspecified atom stereocenters. The van der Waals surface area contributed by atoms with Crippen LogP contribution in [0.1, 0.15) is 12.5 Å². The zero-order chi connectivity index (χ0) is 13.4. The van der Waals surface area contributed by atoms with E-state index in [4.69, 9.17) is 0 Å². The molecule has 0 saturated carbocycles. The minimum atomic E-state index is -0.701. The Morgan fingerprint density at radius 1 is 1.28 bits per heavy atom. The number of benzene rings is 1. The van der Waals surface area contributed by atoms with Gasteiger partial charge in [-0.15, -0.1) is 0 Å². The molecule has 1 aliphatic rings. The van der Waals surface area contributed by atoms with Crippen molar-refractivity contribution in [1.29, 1.82) is 0 Å². The number of amides is 1. The van der Waals surface area contributed by atoms with E-state index in [0.29, 0.717) is 18.5 Å². The molecule has 8 heteroatoms. The van der Waals surface area contributed by atoms with E-state index in [1.165, 1.54) is 17.9 Å². The molecular weight excluding hydrogens is 242 g/mol. The maximum atomic E-state index is 11.4. The number of rotatable bonds is 2. The second kappa shape index (κ2) is 4.06. The lowest BCUT2D eigenvalue weighted by molar-refractivity contribution is -0.393. The summed E-state index contributed by atoms with van der Waals surface area (Å²) in [7, 11) is 0. The maximum absolute atomic E-state index is 11.4. The van der Waals surface area contributed by atoms with Gasteiger partial charge in [0.15, 0.2) is 0 Å². The van der Waals surface area contributed by atoms with Crippen molar-refractivity contribution in [2.24, 2.45) is 0 Å². The summed E-state index contributed by atoms with van der Waals surface area (Å²) in [4.78, 5) is 32.9. The molecule has 0 radical (unpaired) electrons. The van der Waals surface area contributed by atoms with Gasteiger partial charge in [-0.25, -0.2) is 0 Å². The van der Waals surface area contributed by atoms with Gasteiger partial charge in [-0.2, -0.15) is 0 Å². The van der Waals surface area contributed by atoms with Gasteiger partial charge in [-0.05, 0) is 12.0 Å². The first-order chi connectivity index (χ1) is 8.41. The van der Waals surface area contributed by atoms with Crippen LogP contribution in [0.25, 0.3) is 0 Å². The van der Waals surface area contributed by atoms with Crippen molar-refractivity contribution in [3.63, 3.8) is 0 Å². The normalized spacial score (nSPS) is 13.3. The van der Waals surface area contributed by atoms with Crippen LogP contribution in [0, 0.1) is 20.2 Å². The molecule has 0 atom stereocenters. The van der Waals surface area contributed by atoms with Crippen LogP contribution in [0.15, 0.2) is 12.1 Å². The SMILES string of the molecule is CC(=O)N1CCc2cc([N+](=O)[O-])cc([N+](=O)[O-])c21. The van der Waals surface area contributed by atoms with Crippen LogP contribution in [0.2, 0.25) is 0 Å². The van der Waals surface area contributed by atoms with Crippen molar-refractivity contribution >= 4 is 23.0 Å². The molecule has 0 fully saturated rings. The molecule has 1 heterocycles. The van der Waals surface area contributed by atoms with E-state index in [1.54, 1.807) is 0 Å². The Morgan fingerprint density at radius 3 is 2.44 bits per heavy atom. The first kappa shape index (κ1) is 12.0. The van der Waals surface area contributed by atoms with Crippen LogP contribution < -0.4 is 4.90 Å². The number of carbonyl (C=O) groups excluding carboxylic acids is 1. The van der Waals surface area contributed by atoms with Crippen molar-refractivity contribution in [2.45, 2.75) is 13.3 Å². The average Bonchev–Trinajstić information content (AvgIpc) is 2.70. The van der Waals surface area contributed by atoms with E-state index < -0.39 is 15.5 Å². The molecule has 1 aliphatic heterocycles. The van der Waals surface area contributed by atoms with Gasteiger partial charge in [-0.3, -0.25) is 25.0 Å². The Hall–Kier alpha value is -2.51. The van der Waals surface area contributed by atoms with Crippen LogP contribution in [0.5, 0.6) is 0 Å². The molecule has 8 nitrogen and oxygen atoms in total. The topological polar surface area (TPSA) is 107 Å². The lowest BCUT2D eigenvalue weighted by Gasteiger charge is -2.14. The van der Waals surface area contributed by atoms with Crippen molar-refractivity contribution in [1.82, 2.24) is 0 Å². The van der Waals surface area contributed by atoms with Crippen molar-refractivity contribution in [3.05, 3.63) is 37.9 Å². The van der Waals surface area contributed by atoms with E-state index in [9.17, 15) is 25.0 Å². The number of hydrogen-bond acceptors (Lipinski definition) is 5. The quantitative estimate of drug-likeness (QED) is 0.583. The Labute approximate surface area is 101 Å². The molecule has 1 aromatic rings. The number of carbonyl (C=O) groups is 1. The van der Waals surface area contributed by atoms with Crippen molar-refractivity contribution in [3.8, 4) is 0 Å². The summed E-state index contributed by atoms with van der Waals surface area (Å²) in [5, 5.41) is 21.6. The first-order valence-corrected chi connectivity index (χ1v) is 5.15. The van der Waals surface area contributed by atoms with Gasteiger partial charge in [0.25, 0.3) is 11.4 Å². The van der Waals surface area contributed by atoms with Crippen LogP contribution in [0.3, 0.4) is 0 Å². The largest absolute Gasteiger partial charge is 0.306 e. The summed E-state index contributed by atoms with van der Waals surface area (Å²) in [6.45, 7) is 1.62. The summed E-state index contributed by atoms with van der Waals surface area (Å²) in [6.07, 6.45) is 0.386. The van der Waals surface area contributed by atoms with Crippen molar-refractivity contribution < 1.29 is 14.6 Å². The number of nitro groups is 2. The van der Waals surface area contributed by atoms with Gasteiger partial charge in [0.1, 0.15) is 5.69 Å². The Balaban J connectivity index is 2.66. The molecule has 2 rings (SSSR count). The number of hydrogen-bond donors (Lipinski definition) is 0. The van der Waals surface area contributed by atoms with Gasteiger partial charge >= 0.3 is 0 Å². The Morgan fingerprint density at radius 2 is 1.94 bits per heavy atom. The van der Waals surface area contributed by atoms with E-state index in [0.717, 1.165) is 6.07 Å². The zero-order valence-corrected chi connectivity index (χ0v) is 9.45. The summed E-state index contributed by atoms with van der Waals surface area (Å²) in [5.74, 6) is -0.314. The van der Waals surface area contributed by atoms with Gasteiger partial charge in [0.2, 0.25) is 5.91 Å². The molecule has 0 aliphatic carbocycles. The van der Waals surface area contributed by atoms with Crippen molar-refractivity contribution in [2.75, 3.05) is 11.4 Å². The molecular formula is C10H9N3O5. The highest BCUT2D eigenvalue weighted by Gasteiger charge is 2.33. The molecule has 18 heavy (non-hydrogen) atoms. The summed E-state index contributed by atoms with van der Waals surface area (Å²) >= 11 is 0. The number of nitro benzene ring substituents is 2. The average molecular weight is 251 g/mol. The number of fused-ring (bicyclic) bond motifs is 1. The predicted octanol–water partition coefficient (Wildman–Crippen LogP) is 1.41. The number of non-ortho nitro benzene ring substituents is 1. The van der Waals surface area contributed by atoms with Crippen LogP contribution in [0.4, 0.5) is 17.1 Å². The van der Waals surface area contributed by atoms with E-state index in [1.807, 2.05) is 0 Å². The minimum Gasteiger partial charge on any atom is -0.306 e. The Bertz CT molecular complexity index is 569. The Kier molecular flexibility index (Phi) is 2.70. The molecule has 0 bridgehead atoms. The van der Waals surface area contributed by atoms with Gasteiger partial charge in [-0.1, -0.05) is 0 Å². The lowest BCUT2D eigenvalue weighted by Crippen LogP contribution is -2.26. The van der Waals surface area contributed by atoms with Gasteiger partial charge in [0, 0.05) is 19.5 Å². The van der Waals surface area contributed by atoms with Gasteiger partial charge in [0.05, 0.1) is 15.9 Å².